The summed E-state index contributed by atoms with van der Waals surface area (Å²) in [4.78, 5) is 20.3. The molecule has 0 saturated heterocycles. The summed E-state index contributed by atoms with van der Waals surface area (Å²) in [6.45, 7) is 0. The van der Waals surface area contributed by atoms with Gasteiger partial charge in [-0.3, -0.25) is 4.40 Å². The maximum atomic E-state index is 5.46. The van der Waals surface area contributed by atoms with Crippen molar-refractivity contribution in [3.63, 3.8) is 0 Å². The number of rotatable bonds is 4. The van der Waals surface area contributed by atoms with Gasteiger partial charge in [0.1, 0.15) is 11.2 Å². The topological polar surface area (TPSA) is 60.9 Å². The molecular formula is C46H28N6. The van der Waals surface area contributed by atoms with Gasteiger partial charge in [0.05, 0.1) is 22.1 Å². The van der Waals surface area contributed by atoms with Gasteiger partial charge >= 0.3 is 0 Å². The molecule has 0 aliphatic rings. The number of nitrogens with zero attached hydrogens (tertiary/aromatic N) is 6. The SMILES string of the molecule is c1ccc(-c2nc(-c3ccccc3)nc(-c3ccc(-n4c5ccccc5c5ccc6c(nc7c8ccccc8c8ccccc8n67)c54)cc3)n2)cc1. The van der Waals surface area contributed by atoms with Crippen molar-refractivity contribution in [2.45, 2.75) is 0 Å². The predicted octanol–water partition coefficient (Wildman–Crippen LogP) is 11.1. The second kappa shape index (κ2) is 11.2. The van der Waals surface area contributed by atoms with E-state index in [1.807, 2.05) is 60.7 Å². The van der Waals surface area contributed by atoms with E-state index in [-0.39, 0.29) is 0 Å². The summed E-state index contributed by atoms with van der Waals surface area (Å²) in [6.07, 6.45) is 0. The molecule has 4 heterocycles. The highest BCUT2D eigenvalue weighted by Gasteiger charge is 2.21. The molecule has 11 aromatic rings. The van der Waals surface area contributed by atoms with Gasteiger partial charge < -0.3 is 4.57 Å². The average molecular weight is 665 g/mol. The van der Waals surface area contributed by atoms with Crippen LogP contribution in [0.4, 0.5) is 0 Å². The zero-order valence-electron chi connectivity index (χ0n) is 27.8. The van der Waals surface area contributed by atoms with E-state index in [1.165, 1.54) is 21.5 Å². The lowest BCUT2D eigenvalue weighted by Crippen LogP contribution is -2.00. The fraction of sp³-hybridized carbons (Fsp3) is 0. The predicted molar refractivity (Wildman–Crippen MR) is 212 cm³/mol. The van der Waals surface area contributed by atoms with Crippen LogP contribution in [0.15, 0.2) is 170 Å². The summed E-state index contributed by atoms with van der Waals surface area (Å²) in [5, 5.41) is 5.91. The number of benzene rings is 7. The molecule has 0 spiro atoms. The third-order valence-corrected chi connectivity index (χ3v) is 10.1. The van der Waals surface area contributed by atoms with E-state index in [1.54, 1.807) is 0 Å². The van der Waals surface area contributed by atoms with Gasteiger partial charge in [-0.15, -0.1) is 0 Å². The van der Waals surface area contributed by atoms with Crippen LogP contribution in [-0.2, 0) is 0 Å². The number of hydrogen-bond acceptors (Lipinski definition) is 4. The van der Waals surface area contributed by atoms with Gasteiger partial charge in [-0.1, -0.05) is 121 Å². The molecule has 0 aliphatic heterocycles. The summed E-state index contributed by atoms with van der Waals surface area (Å²) >= 11 is 0. The summed E-state index contributed by atoms with van der Waals surface area (Å²) in [6, 6.07) is 59.0. The molecular weight excluding hydrogens is 637 g/mol. The van der Waals surface area contributed by atoms with Gasteiger partial charge in [0.2, 0.25) is 0 Å². The van der Waals surface area contributed by atoms with Gasteiger partial charge in [0.15, 0.2) is 17.5 Å². The van der Waals surface area contributed by atoms with E-state index >= 15 is 0 Å². The lowest BCUT2D eigenvalue weighted by atomic mass is 10.1. The first kappa shape index (κ1) is 28.6. The molecule has 7 aromatic carbocycles. The van der Waals surface area contributed by atoms with Crippen molar-refractivity contribution >= 4 is 60.2 Å². The maximum absolute atomic E-state index is 5.46. The van der Waals surface area contributed by atoms with Gasteiger partial charge in [-0.2, -0.15) is 0 Å². The molecule has 52 heavy (non-hydrogen) atoms. The molecule has 4 aromatic heterocycles. The largest absolute Gasteiger partial charge is 0.307 e. The number of fused-ring (bicyclic) bond motifs is 12. The first-order valence-electron chi connectivity index (χ1n) is 17.4. The van der Waals surface area contributed by atoms with Crippen LogP contribution in [-0.4, -0.2) is 28.9 Å². The Morgan fingerprint density at radius 3 is 1.46 bits per heavy atom. The van der Waals surface area contributed by atoms with E-state index in [0.717, 1.165) is 61.0 Å². The van der Waals surface area contributed by atoms with Crippen molar-refractivity contribution in [3.8, 4) is 39.9 Å². The molecule has 0 bridgehead atoms. The van der Waals surface area contributed by atoms with Gasteiger partial charge in [0.25, 0.3) is 0 Å². The fourth-order valence-corrected chi connectivity index (χ4v) is 7.79. The molecule has 11 rings (SSSR count). The maximum Gasteiger partial charge on any atom is 0.164 e. The van der Waals surface area contributed by atoms with Crippen LogP contribution in [0.1, 0.15) is 0 Å². The zero-order chi connectivity index (χ0) is 34.2. The normalized spacial score (nSPS) is 11.8. The van der Waals surface area contributed by atoms with E-state index < -0.39 is 0 Å². The molecule has 0 unspecified atom stereocenters. The second-order valence-electron chi connectivity index (χ2n) is 13.1. The lowest BCUT2D eigenvalue weighted by molar-refractivity contribution is 1.07. The van der Waals surface area contributed by atoms with Crippen molar-refractivity contribution in [2.75, 3.05) is 0 Å². The third kappa shape index (κ3) is 4.25. The summed E-state index contributed by atoms with van der Waals surface area (Å²) in [5.74, 6) is 1.92. The van der Waals surface area contributed by atoms with Gasteiger partial charge in [0, 0.05) is 43.9 Å². The summed E-state index contributed by atoms with van der Waals surface area (Å²) < 4.78 is 4.68. The van der Waals surface area contributed by atoms with Crippen molar-refractivity contribution in [3.05, 3.63) is 170 Å². The fourth-order valence-electron chi connectivity index (χ4n) is 7.79. The Labute approximate surface area is 297 Å². The highest BCUT2D eigenvalue weighted by Crippen LogP contribution is 2.39. The van der Waals surface area contributed by atoms with Crippen molar-refractivity contribution in [1.29, 1.82) is 0 Å². The number of imidazole rings is 1. The van der Waals surface area contributed by atoms with Gasteiger partial charge in [-0.25, -0.2) is 19.9 Å². The first-order chi connectivity index (χ1) is 25.8. The van der Waals surface area contributed by atoms with E-state index in [4.69, 9.17) is 19.9 Å². The van der Waals surface area contributed by atoms with Crippen LogP contribution in [0.3, 0.4) is 0 Å². The Morgan fingerprint density at radius 1 is 0.327 bits per heavy atom. The Bertz CT molecular complexity index is 3100. The van der Waals surface area contributed by atoms with Crippen molar-refractivity contribution < 1.29 is 0 Å². The molecule has 0 radical (unpaired) electrons. The quantitative estimate of drug-likeness (QED) is 0.176. The van der Waals surface area contributed by atoms with E-state index in [0.29, 0.717) is 17.5 Å². The molecule has 0 aliphatic carbocycles. The highest BCUT2D eigenvalue weighted by molar-refractivity contribution is 6.20. The smallest absolute Gasteiger partial charge is 0.164 e. The highest BCUT2D eigenvalue weighted by atomic mass is 15.1. The van der Waals surface area contributed by atoms with E-state index in [2.05, 4.69) is 118 Å². The van der Waals surface area contributed by atoms with Crippen LogP contribution in [0.2, 0.25) is 0 Å². The summed E-state index contributed by atoms with van der Waals surface area (Å²) in [5.41, 5.74) is 10.2. The molecule has 0 amide bonds. The Hall–Kier alpha value is -7.18. The Balaban J connectivity index is 1.14. The van der Waals surface area contributed by atoms with Crippen LogP contribution in [0.5, 0.6) is 0 Å². The number of pyridine rings is 1. The lowest BCUT2D eigenvalue weighted by Gasteiger charge is -2.11. The molecule has 242 valence electrons. The molecule has 6 heteroatoms. The van der Waals surface area contributed by atoms with Crippen LogP contribution in [0, 0.1) is 0 Å². The van der Waals surface area contributed by atoms with Crippen LogP contribution < -0.4 is 0 Å². The van der Waals surface area contributed by atoms with E-state index in [9.17, 15) is 0 Å². The Kier molecular flexibility index (Phi) is 6.15. The number of hydrogen-bond donors (Lipinski definition) is 0. The zero-order valence-corrected chi connectivity index (χ0v) is 27.8. The first-order valence-corrected chi connectivity index (χ1v) is 17.4. The monoisotopic (exact) mass is 664 g/mol. The summed E-state index contributed by atoms with van der Waals surface area (Å²) in [7, 11) is 0. The number of para-hydroxylation sites is 2. The Morgan fingerprint density at radius 2 is 0.827 bits per heavy atom. The van der Waals surface area contributed by atoms with Gasteiger partial charge in [-0.05, 0) is 53.9 Å². The minimum atomic E-state index is 0.628. The minimum Gasteiger partial charge on any atom is -0.307 e. The third-order valence-electron chi connectivity index (χ3n) is 10.1. The molecule has 0 saturated carbocycles. The second-order valence-corrected chi connectivity index (χ2v) is 13.1. The molecule has 0 N–H and O–H groups in total. The number of aromatic nitrogens is 6. The molecule has 0 atom stereocenters. The van der Waals surface area contributed by atoms with Crippen molar-refractivity contribution in [2.24, 2.45) is 0 Å². The molecule has 6 nitrogen and oxygen atoms in total. The van der Waals surface area contributed by atoms with Crippen LogP contribution >= 0.6 is 0 Å². The van der Waals surface area contributed by atoms with Crippen LogP contribution in [0.25, 0.3) is 100 Å². The standard InChI is InChI=1S/C46H28N6/c1-3-13-29(14-4-1)43-48-44(30-15-5-2-6-16-30)50-45(49-43)31-23-25-32(26-24-31)51-38-21-11-10-19-35(38)36-27-28-40-41(42(36)51)47-46-37-20-8-7-17-33(37)34-18-9-12-22-39(34)52(40)46/h1-28H. The molecule has 0 fully saturated rings. The average Bonchev–Trinajstić information content (AvgIpc) is 3.79. The minimum absolute atomic E-state index is 0.628. The van der Waals surface area contributed by atoms with Crippen molar-refractivity contribution in [1.82, 2.24) is 28.9 Å².